The largest absolute Gasteiger partial charge is 0.480 e. The van der Waals surface area contributed by atoms with E-state index in [1.165, 1.54) is 4.90 Å². The van der Waals surface area contributed by atoms with Crippen LogP contribution in [0.4, 0.5) is 8.78 Å². The molecule has 1 aliphatic rings. The van der Waals surface area contributed by atoms with Crippen molar-refractivity contribution in [2.45, 2.75) is 25.4 Å². The van der Waals surface area contributed by atoms with E-state index in [0.29, 0.717) is 0 Å². The number of rotatable bonds is 3. The van der Waals surface area contributed by atoms with Crippen molar-refractivity contribution in [1.82, 2.24) is 4.90 Å². The zero-order valence-corrected chi connectivity index (χ0v) is 9.14. The number of alkyl halides is 2. The van der Waals surface area contributed by atoms with E-state index in [0.717, 1.165) is 11.1 Å². The third-order valence-electron chi connectivity index (χ3n) is 3.00. The van der Waals surface area contributed by atoms with E-state index < -0.39 is 25.0 Å². The van der Waals surface area contributed by atoms with Crippen LogP contribution in [0.25, 0.3) is 0 Å². The van der Waals surface area contributed by atoms with Crippen molar-refractivity contribution in [3.05, 3.63) is 35.4 Å². The van der Waals surface area contributed by atoms with Crippen LogP contribution in [-0.2, 0) is 17.8 Å². The summed E-state index contributed by atoms with van der Waals surface area (Å²) in [6.45, 7) is -0.219. The highest BCUT2D eigenvalue weighted by Gasteiger charge is 2.32. The summed E-state index contributed by atoms with van der Waals surface area (Å²) in [6, 6.07) is 6.52. The second-order valence-corrected chi connectivity index (χ2v) is 4.15. The first-order valence-corrected chi connectivity index (χ1v) is 5.39. The number of halogens is 2. The van der Waals surface area contributed by atoms with Gasteiger partial charge in [-0.15, -0.1) is 0 Å². The number of fused-ring (bicyclic) bond motifs is 1. The van der Waals surface area contributed by atoms with E-state index in [-0.39, 0.29) is 13.0 Å². The van der Waals surface area contributed by atoms with E-state index in [2.05, 4.69) is 0 Å². The molecule has 0 saturated heterocycles. The number of benzene rings is 1. The molecule has 0 aliphatic carbocycles. The van der Waals surface area contributed by atoms with Crippen LogP contribution < -0.4 is 0 Å². The van der Waals surface area contributed by atoms with Gasteiger partial charge in [0.1, 0.15) is 6.04 Å². The van der Waals surface area contributed by atoms with Gasteiger partial charge in [0.15, 0.2) is 0 Å². The predicted molar refractivity (Wildman–Crippen MR) is 58.0 cm³/mol. The molecule has 0 radical (unpaired) electrons. The molecule has 1 aromatic rings. The topological polar surface area (TPSA) is 40.5 Å². The maximum atomic E-state index is 12.4. The molecule has 3 nitrogen and oxygen atoms in total. The highest BCUT2D eigenvalue weighted by Crippen LogP contribution is 2.23. The van der Waals surface area contributed by atoms with Gasteiger partial charge >= 0.3 is 5.97 Å². The first-order chi connectivity index (χ1) is 8.08. The van der Waals surface area contributed by atoms with Gasteiger partial charge in [0, 0.05) is 6.54 Å². The van der Waals surface area contributed by atoms with E-state index >= 15 is 0 Å². The highest BCUT2D eigenvalue weighted by atomic mass is 19.3. The smallest absolute Gasteiger partial charge is 0.321 e. The fourth-order valence-corrected chi connectivity index (χ4v) is 2.19. The quantitative estimate of drug-likeness (QED) is 0.876. The van der Waals surface area contributed by atoms with Crippen LogP contribution in [0.2, 0.25) is 0 Å². The van der Waals surface area contributed by atoms with Crippen molar-refractivity contribution in [1.29, 1.82) is 0 Å². The Morgan fingerprint density at radius 3 is 2.65 bits per heavy atom. The Bertz CT molecular complexity index is 423. The number of hydrogen-bond donors (Lipinski definition) is 1. The normalized spacial score (nSPS) is 20.3. The fraction of sp³-hybridized carbons (Fsp3) is 0.417. The number of hydrogen-bond acceptors (Lipinski definition) is 2. The zero-order chi connectivity index (χ0) is 12.4. The minimum Gasteiger partial charge on any atom is -0.480 e. The monoisotopic (exact) mass is 241 g/mol. The average molecular weight is 241 g/mol. The van der Waals surface area contributed by atoms with Crippen molar-refractivity contribution < 1.29 is 18.7 Å². The summed E-state index contributed by atoms with van der Waals surface area (Å²) < 4.78 is 24.8. The van der Waals surface area contributed by atoms with Crippen LogP contribution in [0.5, 0.6) is 0 Å². The van der Waals surface area contributed by atoms with Crippen LogP contribution in [0.15, 0.2) is 24.3 Å². The van der Waals surface area contributed by atoms with E-state index in [9.17, 15) is 13.6 Å². The standard InChI is InChI=1S/C12H13F2NO2/c13-11(14)7-15-6-9-4-2-1-3-8(9)5-10(15)12(16)17/h1-4,10-11H,5-7H2,(H,16,17)/t10-/m0/s1. The van der Waals surface area contributed by atoms with Crippen LogP contribution in [0.3, 0.4) is 0 Å². The molecule has 1 aromatic carbocycles. The van der Waals surface area contributed by atoms with Crippen molar-refractivity contribution in [2.75, 3.05) is 6.54 Å². The summed E-state index contributed by atoms with van der Waals surface area (Å²) in [5.74, 6) is -1.04. The second-order valence-electron chi connectivity index (χ2n) is 4.15. The van der Waals surface area contributed by atoms with Crippen molar-refractivity contribution in [3.63, 3.8) is 0 Å². The number of nitrogens with zero attached hydrogens (tertiary/aromatic N) is 1. The van der Waals surface area contributed by atoms with Gasteiger partial charge in [-0.25, -0.2) is 8.78 Å². The van der Waals surface area contributed by atoms with Gasteiger partial charge in [-0.3, -0.25) is 9.69 Å². The van der Waals surface area contributed by atoms with Crippen LogP contribution in [0, 0.1) is 0 Å². The number of carboxylic acid groups (broad SMARTS) is 1. The van der Waals surface area contributed by atoms with Crippen molar-refractivity contribution in [2.24, 2.45) is 0 Å². The van der Waals surface area contributed by atoms with E-state index in [4.69, 9.17) is 5.11 Å². The SMILES string of the molecule is O=C(O)[C@@H]1Cc2ccccc2CN1CC(F)F. The first-order valence-electron chi connectivity index (χ1n) is 5.39. The zero-order valence-electron chi connectivity index (χ0n) is 9.14. The van der Waals surface area contributed by atoms with Crippen LogP contribution >= 0.6 is 0 Å². The molecule has 0 aromatic heterocycles. The molecular weight excluding hydrogens is 228 g/mol. The summed E-state index contributed by atoms with van der Waals surface area (Å²) >= 11 is 0. The molecule has 0 amide bonds. The molecule has 0 fully saturated rings. The molecule has 1 atom stereocenters. The predicted octanol–water partition coefficient (Wildman–Crippen LogP) is 1.76. The molecule has 5 heteroatoms. The summed E-state index contributed by atoms with van der Waals surface area (Å²) in [7, 11) is 0. The molecule has 92 valence electrons. The molecule has 1 heterocycles. The molecule has 0 unspecified atom stereocenters. The lowest BCUT2D eigenvalue weighted by atomic mass is 9.94. The van der Waals surface area contributed by atoms with Gasteiger partial charge in [0.2, 0.25) is 0 Å². The molecule has 0 bridgehead atoms. The summed E-state index contributed by atoms with van der Waals surface area (Å²) in [6.07, 6.45) is -2.22. The van der Waals surface area contributed by atoms with Gasteiger partial charge in [-0.2, -0.15) is 0 Å². The van der Waals surface area contributed by atoms with E-state index in [1.54, 1.807) is 0 Å². The lowest BCUT2D eigenvalue weighted by Gasteiger charge is -2.33. The van der Waals surface area contributed by atoms with Gasteiger partial charge in [0.25, 0.3) is 6.43 Å². The van der Waals surface area contributed by atoms with Gasteiger partial charge in [0.05, 0.1) is 6.54 Å². The second kappa shape index (κ2) is 4.79. The third kappa shape index (κ3) is 2.61. The molecule has 1 N–H and O–H groups in total. The highest BCUT2D eigenvalue weighted by molar-refractivity contribution is 5.74. The molecule has 17 heavy (non-hydrogen) atoms. The summed E-state index contributed by atoms with van der Waals surface area (Å²) in [4.78, 5) is 12.4. The minimum absolute atomic E-state index is 0.275. The maximum absolute atomic E-state index is 12.4. The molecular formula is C12H13F2NO2. The van der Waals surface area contributed by atoms with Crippen molar-refractivity contribution >= 4 is 5.97 Å². The lowest BCUT2D eigenvalue weighted by molar-refractivity contribution is -0.144. The molecule has 0 spiro atoms. The molecule has 1 aliphatic heterocycles. The van der Waals surface area contributed by atoms with E-state index in [1.807, 2.05) is 24.3 Å². The molecule has 0 saturated carbocycles. The first kappa shape index (κ1) is 12.0. The molecule has 2 rings (SSSR count). The van der Waals surface area contributed by atoms with Gasteiger partial charge < -0.3 is 5.11 Å². The van der Waals surface area contributed by atoms with Crippen molar-refractivity contribution in [3.8, 4) is 0 Å². The Kier molecular flexibility index (Phi) is 3.38. The Hall–Kier alpha value is -1.49. The van der Waals surface area contributed by atoms with Crippen LogP contribution in [-0.4, -0.2) is 35.0 Å². The third-order valence-corrected chi connectivity index (χ3v) is 3.00. The van der Waals surface area contributed by atoms with Gasteiger partial charge in [-0.05, 0) is 17.5 Å². The summed E-state index contributed by atoms with van der Waals surface area (Å²) in [5.41, 5.74) is 1.87. The number of carbonyl (C=O) groups is 1. The Morgan fingerprint density at radius 2 is 2.06 bits per heavy atom. The fourth-order valence-electron chi connectivity index (χ4n) is 2.19. The average Bonchev–Trinajstić information content (AvgIpc) is 2.27. The summed E-state index contributed by atoms with van der Waals surface area (Å²) in [5, 5.41) is 9.06. The number of aliphatic carboxylic acids is 1. The maximum Gasteiger partial charge on any atom is 0.321 e. The van der Waals surface area contributed by atoms with Crippen LogP contribution in [0.1, 0.15) is 11.1 Å². The van der Waals surface area contributed by atoms with Gasteiger partial charge in [-0.1, -0.05) is 24.3 Å². The Labute approximate surface area is 97.7 Å². The lowest BCUT2D eigenvalue weighted by Crippen LogP contribution is -2.47. The Balaban J connectivity index is 2.24. The minimum atomic E-state index is -2.51. The Morgan fingerprint density at radius 1 is 1.41 bits per heavy atom. The number of carboxylic acids is 1.